The predicted molar refractivity (Wildman–Crippen MR) is 211 cm³/mol. The summed E-state index contributed by atoms with van der Waals surface area (Å²) >= 11 is 0. The van der Waals surface area contributed by atoms with Crippen LogP contribution in [0.2, 0.25) is 0 Å². The maximum atomic E-state index is 2.48. The molecule has 10 aromatic rings. The van der Waals surface area contributed by atoms with Gasteiger partial charge >= 0.3 is 0 Å². The van der Waals surface area contributed by atoms with Crippen molar-refractivity contribution in [1.29, 1.82) is 0 Å². The molecule has 10 rings (SSSR count). The molecule has 0 saturated heterocycles. The molecular formula is C48H32N2. The molecule has 234 valence electrons. The van der Waals surface area contributed by atoms with Crippen molar-refractivity contribution in [3.05, 3.63) is 194 Å². The first-order valence-electron chi connectivity index (χ1n) is 17.2. The van der Waals surface area contributed by atoms with Crippen LogP contribution in [0, 0.1) is 0 Å². The summed E-state index contributed by atoms with van der Waals surface area (Å²) in [5, 5.41) is 5.01. The normalized spacial score (nSPS) is 11.6. The molecule has 0 aliphatic carbocycles. The molecule has 0 bridgehead atoms. The van der Waals surface area contributed by atoms with Crippen LogP contribution in [0.4, 0.5) is 0 Å². The van der Waals surface area contributed by atoms with E-state index in [0.717, 1.165) is 11.4 Å². The van der Waals surface area contributed by atoms with Gasteiger partial charge in [-0.25, -0.2) is 0 Å². The van der Waals surface area contributed by atoms with E-state index in [9.17, 15) is 0 Å². The molecule has 0 unspecified atom stereocenters. The van der Waals surface area contributed by atoms with Gasteiger partial charge in [0.05, 0.1) is 22.1 Å². The van der Waals surface area contributed by atoms with Crippen LogP contribution in [-0.4, -0.2) is 9.13 Å². The van der Waals surface area contributed by atoms with Gasteiger partial charge in [0.15, 0.2) is 0 Å². The van der Waals surface area contributed by atoms with E-state index >= 15 is 0 Å². The molecule has 2 nitrogen and oxygen atoms in total. The molecule has 0 aliphatic rings. The molecule has 0 amide bonds. The molecule has 2 heteroatoms. The molecule has 2 aromatic heterocycles. The summed E-state index contributed by atoms with van der Waals surface area (Å²) in [5.41, 5.74) is 14.4. The van der Waals surface area contributed by atoms with E-state index in [1.54, 1.807) is 0 Å². The Kier molecular flexibility index (Phi) is 6.53. The Balaban J connectivity index is 1.23. The Morgan fingerprint density at radius 3 is 1.38 bits per heavy atom. The van der Waals surface area contributed by atoms with Gasteiger partial charge in [-0.15, -0.1) is 0 Å². The van der Waals surface area contributed by atoms with Crippen LogP contribution in [-0.2, 0) is 0 Å². The van der Waals surface area contributed by atoms with Gasteiger partial charge in [-0.2, -0.15) is 0 Å². The zero-order chi connectivity index (χ0) is 33.0. The Morgan fingerprint density at radius 2 is 0.720 bits per heavy atom. The minimum absolute atomic E-state index is 1.15. The summed E-state index contributed by atoms with van der Waals surface area (Å²) in [5.74, 6) is 0. The van der Waals surface area contributed by atoms with E-state index in [2.05, 4.69) is 203 Å². The standard InChI is InChI=1S/C48H32N2/c1-3-14-33(15-4-1)35-18-11-19-36(30-35)38-21-13-23-40(32-38)50-44-26-9-7-24-41(44)42-28-29-46-47(48(42)50)43-25-8-10-27-45(43)49(46)39-22-12-20-37(31-39)34-16-5-2-6-17-34/h1-32H. The lowest BCUT2D eigenvalue weighted by atomic mass is 9.99. The third kappa shape index (κ3) is 4.50. The van der Waals surface area contributed by atoms with Crippen LogP contribution in [0.1, 0.15) is 0 Å². The molecular weight excluding hydrogens is 605 g/mol. The second kappa shape index (κ2) is 11.5. The number of hydrogen-bond acceptors (Lipinski definition) is 0. The van der Waals surface area contributed by atoms with E-state index in [0.29, 0.717) is 0 Å². The fourth-order valence-electron chi connectivity index (χ4n) is 7.84. The van der Waals surface area contributed by atoms with E-state index in [4.69, 9.17) is 0 Å². The summed E-state index contributed by atoms with van der Waals surface area (Å²) in [7, 11) is 0. The molecule has 0 spiro atoms. The van der Waals surface area contributed by atoms with Gasteiger partial charge in [0.1, 0.15) is 0 Å². The highest BCUT2D eigenvalue weighted by molar-refractivity contribution is 6.26. The van der Waals surface area contributed by atoms with Gasteiger partial charge in [0.25, 0.3) is 0 Å². The molecule has 8 aromatic carbocycles. The maximum absolute atomic E-state index is 2.48. The Hall–Kier alpha value is -6.64. The monoisotopic (exact) mass is 636 g/mol. The van der Waals surface area contributed by atoms with Crippen molar-refractivity contribution in [3.63, 3.8) is 0 Å². The second-order valence-corrected chi connectivity index (χ2v) is 13.0. The fourth-order valence-corrected chi connectivity index (χ4v) is 7.84. The average Bonchev–Trinajstić information content (AvgIpc) is 3.72. The van der Waals surface area contributed by atoms with Crippen molar-refractivity contribution in [3.8, 4) is 44.8 Å². The average molecular weight is 637 g/mol. The van der Waals surface area contributed by atoms with Gasteiger partial charge in [-0.05, 0) is 81.9 Å². The van der Waals surface area contributed by atoms with Crippen LogP contribution in [0.5, 0.6) is 0 Å². The Labute approximate surface area is 290 Å². The minimum Gasteiger partial charge on any atom is -0.309 e. The van der Waals surface area contributed by atoms with Crippen molar-refractivity contribution in [2.75, 3.05) is 0 Å². The zero-order valence-corrected chi connectivity index (χ0v) is 27.4. The summed E-state index contributed by atoms with van der Waals surface area (Å²) in [4.78, 5) is 0. The van der Waals surface area contributed by atoms with E-state index in [1.807, 2.05) is 0 Å². The zero-order valence-electron chi connectivity index (χ0n) is 27.4. The first-order chi connectivity index (χ1) is 24.8. The van der Waals surface area contributed by atoms with Crippen LogP contribution >= 0.6 is 0 Å². The van der Waals surface area contributed by atoms with E-state index < -0.39 is 0 Å². The van der Waals surface area contributed by atoms with Crippen molar-refractivity contribution >= 4 is 43.6 Å². The molecule has 0 atom stereocenters. The van der Waals surface area contributed by atoms with Crippen molar-refractivity contribution < 1.29 is 0 Å². The maximum Gasteiger partial charge on any atom is 0.0641 e. The number of nitrogens with zero attached hydrogens (tertiary/aromatic N) is 2. The molecule has 0 saturated carbocycles. The number of aromatic nitrogens is 2. The van der Waals surface area contributed by atoms with Gasteiger partial charge in [0.2, 0.25) is 0 Å². The number of fused-ring (bicyclic) bond motifs is 7. The lowest BCUT2D eigenvalue weighted by Gasteiger charge is -2.13. The third-order valence-corrected chi connectivity index (χ3v) is 10.1. The van der Waals surface area contributed by atoms with Gasteiger partial charge in [0, 0.05) is 32.9 Å². The largest absolute Gasteiger partial charge is 0.309 e. The highest BCUT2D eigenvalue weighted by Gasteiger charge is 2.21. The smallest absolute Gasteiger partial charge is 0.0641 e. The highest BCUT2D eigenvalue weighted by Crippen LogP contribution is 2.42. The lowest BCUT2D eigenvalue weighted by molar-refractivity contribution is 1.17. The van der Waals surface area contributed by atoms with Crippen LogP contribution in [0.15, 0.2) is 194 Å². The Bertz CT molecular complexity index is 2860. The molecule has 0 N–H and O–H groups in total. The van der Waals surface area contributed by atoms with E-state index in [1.165, 1.54) is 77.0 Å². The van der Waals surface area contributed by atoms with Gasteiger partial charge in [-0.3, -0.25) is 0 Å². The predicted octanol–water partition coefficient (Wildman–Crippen LogP) is 12.9. The molecule has 2 heterocycles. The highest BCUT2D eigenvalue weighted by atomic mass is 15.0. The van der Waals surface area contributed by atoms with E-state index in [-0.39, 0.29) is 0 Å². The van der Waals surface area contributed by atoms with Gasteiger partial charge in [-0.1, -0.05) is 146 Å². The van der Waals surface area contributed by atoms with Crippen molar-refractivity contribution in [2.45, 2.75) is 0 Å². The summed E-state index contributed by atoms with van der Waals surface area (Å²) in [6.07, 6.45) is 0. The fraction of sp³-hybridized carbons (Fsp3) is 0. The summed E-state index contributed by atoms with van der Waals surface area (Å²) in [6, 6.07) is 70.4. The minimum atomic E-state index is 1.15. The molecule has 0 aliphatic heterocycles. The topological polar surface area (TPSA) is 9.86 Å². The van der Waals surface area contributed by atoms with Gasteiger partial charge < -0.3 is 9.13 Å². The van der Waals surface area contributed by atoms with Crippen molar-refractivity contribution in [2.24, 2.45) is 0 Å². The summed E-state index contributed by atoms with van der Waals surface area (Å²) < 4.78 is 4.92. The summed E-state index contributed by atoms with van der Waals surface area (Å²) in [6.45, 7) is 0. The van der Waals surface area contributed by atoms with Crippen LogP contribution < -0.4 is 0 Å². The third-order valence-electron chi connectivity index (χ3n) is 10.1. The van der Waals surface area contributed by atoms with Crippen LogP contribution in [0.3, 0.4) is 0 Å². The quantitative estimate of drug-likeness (QED) is 0.178. The van der Waals surface area contributed by atoms with Crippen molar-refractivity contribution in [1.82, 2.24) is 9.13 Å². The first kappa shape index (κ1) is 28.4. The number of hydrogen-bond donors (Lipinski definition) is 0. The molecule has 0 fully saturated rings. The SMILES string of the molecule is c1ccc(-c2cccc(-c3cccc(-n4c5ccccc5c5ccc6c(c7ccccc7n6-c6cccc(-c7ccccc7)c6)c54)c3)c2)cc1. The number of rotatable bonds is 5. The molecule has 0 radical (unpaired) electrons. The number of benzene rings is 8. The molecule has 50 heavy (non-hydrogen) atoms. The first-order valence-corrected chi connectivity index (χ1v) is 17.2. The Morgan fingerprint density at radius 1 is 0.260 bits per heavy atom. The number of para-hydroxylation sites is 2. The second-order valence-electron chi connectivity index (χ2n) is 13.0. The van der Waals surface area contributed by atoms with Crippen LogP contribution in [0.25, 0.3) is 88.4 Å². The lowest BCUT2D eigenvalue weighted by Crippen LogP contribution is -1.96.